The fraction of sp³-hybridized carbons (Fsp3) is 0.500. The van der Waals surface area contributed by atoms with Crippen molar-refractivity contribution in [1.82, 2.24) is 20.3 Å². The number of nitrogens with one attached hydrogen (secondary N) is 1. The van der Waals surface area contributed by atoms with Crippen LogP contribution in [-0.4, -0.2) is 59.1 Å². The first kappa shape index (κ1) is 17.2. The van der Waals surface area contributed by atoms with Gasteiger partial charge in [0.2, 0.25) is 5.91 Å². The van der Waals surface area contributed by atoms with Crippen molar-refractivity contribution >= 4 is 5.91 Å². The van der Waals surface area contributed by atoms with Gasteiger partial charge in [-0.25, -0.2) is 0 Å². The third-order valence-electron chi connectivity index (χ3n) is 5.27. The number of piperazine rings is 1. The molecule has 1 aliphatic heterocycles. The van der Waals surface area contributed by atoms with Crippen LogP contribution in [-0.2, 0) is 11.3 Å². The Labute approximate surface area is 154 Å². The van der Waals surface area contributed by atoms with E-state index >= 15 is 0 Å². The Morgan fingerprint density at radius 2 is 1.96 bits per heavy atom. The van der Waals surface area contributed by atoms with E-state index in [-0.39, 0.29) is 11.9 Å². The second kappa shape index (κ2) is 7.60. The number of hydrogen-bond acceptors (Lipinski definition) is 5. The summed E-state index contributed by atoms with van der Waals surface area (Å²) in [5, 5.41) is 7.29. The molecule has 4 rings (SSSR count). The molecule has 1 atom stereocenters. The number of nitrogens with zero attached hydrogens (tertiary/aromatic N) is 3. The lowest BCUT2D eigenvalue weighted by molar-refractivity contribution is -0.126. The van der Waals surface area contributed by atoms with Gasteiger partial charge in [-0.15, -0.1) is 0 Å². The van der Waals surface area contributed by atoms with Crippen LogP contribution in [0.2, 0.25) is 0 Å². The Kier molecular flexibility index (Phi) is 5.04. The van der Waals surface area contributed by atoms with Crippen molar-refractivity contribution in [1.29, 1.82) is 0 Å². The van der Waals surface area contributed by atoms with E-state index in [2.05, 4.69) is 20.3 Å². The van der Waals surface area contributed by atoms with Crippen molar-refractivity contribution in [3.8, 4) is 11.3 Å². The Bertz CT molecular complexity index is 733. The van der Waals surface area contributed by atoms with Crippen LogP contribution in [0.3, 0.4) is 0 Å². The van der Waals surface area contributed by atoms with Crippen LogP contribution in [0.4, 0.5) is 0 Å². The van der Waals surface area contributed by atoms with Crippen LogP contribution in [0.15, 0.2) is 40.9 Å². The number of benzene rings is 1. The van der Waals surface area contributed by atoms with Crippen LogP contribution in [0.5, 0.6) is 0 Å². The Morgan fingerprint density at radius 3 is 2.65 bits per heavy atom. The molecule has 1 aliphatic carbocycles. The van der Waals surface area contributed by atoms with Crippen molar-refractivity contribution in [2.45, 2.75) is 38.4 Å². The molecular weight excluding hydrogens is 328 g/mol. The second-order valence-electron chi connectivity index (χ2n) is 7.32. The van der Waals surface area contributed by atoms with Crippen molar-refractivity contribution in [2.75, 3.05) is 26.2 Å². The third-order valence-corrected chi connectivity index (χ3v) is 5.27. The molecule has 138 valence electrons. The predicted molar refractivity (Wildman–Crippen MR) is 99.4 cm³/mol. The van der Waals surface area contributed by atoms with E-state index in [4.69, 9.17) is 4.52 Å². The zero-order valence-electron chi connectivity index (χ0n) is 15.2. The molecule has 1 aromatic carbocycles. The quantitative estimate of drug-likeness (QED) is 0.861. The standard InChI is InChI=1S/C20H26N4O2/c1-15(20(25)21-17-7-8-17)24-11-9-23(10-12-24)14-18-13-19(22-26-18)16-5-3-2-4-6-16/h2-6,13,15,17H,7-12,14H2,1H3,(H,21,25). The second-order valence-corrected chi connectivity index (χ2v) is 7.32. The smallest absolute Gasteiger partial charge is 0.237 e. The van der Waals surface area contributed by atoms with Gasteiger partial charge in [0.05, 0.1) is 12.6 Å². The Morgan fingerprint density at radius 1 is 1.23 bits per heavy atom. The Hall–Kier alpha value is -2.18. The van der Waals surface area contributed by atoms with E-state index in [0.29, 0.717) is 6.04 Å². The van der Waals surface area contributed by atoms with Gasteiger partial charge >= 0.3 is 0 Å². The summed E-state index contributed by atoms with van der Waals surface area (Å²) in [6, 6.07) is 12.5. The van der Waals surface area contributed by atoms with Crippen molar-refractivity contribution in [3.63, 3.8) is 0 Å². The van der Waals surface area contributed by atoms with Crippen molar-refractivity contribution in [2.24, 2.45) is 0 Å². The number of aromatic nitrogens is 1. The molecule has 0 bridgehead atoms. The molecule has 1 unspecified atom stereocenters. The first-order chi connectivity index (χ1) is 12.7. The minimum atomic E-state index is -0.0484. The van der Waals surface area contributed by atoms with Gasteiger partial charge in [0.25, 0.3) is 0 Å². The predicted octanol–water partition coefficient (Wildman–Crippen LogP) is 2.13. The van der Waals surface area contributed by atoms with Gasteiger partial charge in [0.15, 0.2) is 5.76 Å². The highest BCUT2D eigenvalue weighted by Gasteiger charge is 2.30. The van der Waals surface area contributed by atoms with Crippen LogP contribution in [0.1, 0.15) is 25.5 Å². The lowest BCUT2D eigenvalue weighted by atomic mass is 10.1. The topological polar surface area (TPSA) is 61.6 Å². The molecule has 6 nitrogen and oxygen atoms in total. The Balaban J connectivity index is 1.27. The summed E-state index contributed by atoms with van der Waals surface area (Å²) in [6.45, 7) is 6.44. The summed E-state index contributed by atoms with van der Waals surface area (Å²) in [5.41, 5.74) is 1.95. The lowest BCUT2D eigenvalue weighted by Crippen LogP contribution is -2.53. The summed E-state index contributed by atoms with van der Waals surface area (Å²) in [4.78, 5) is 16.8. The SMILES string of the molecule is CC(C(=O)NC1CC1)N1CCN(Cc2cc(-c3ccccc3)no2)CC1. The van der Waals surface area contributed by atoms with Gasteiger partial charge in [0.1, 0.15) is 5.69 Å². The zero-order valence-corrected chi connectivity index (χ0v) is 15.2. The number of hydrogen-bond donors (Lipinski definition) is 1. The molecular formula is C20H26N4O2. The van der Waals surface area contributed by atoms with E-state index < -0.39 is 0 Å². The molecule has 2 aliphatic rings. The first-order valence-corrected chi connectivity index (χ1v) is 9.47. The number of amides is 1. The van der Waals surface area contributed by atoms with Gasteiger partial charge in [0, 0.05) is 43.9 Å². The maximum Gasteiger partial charge on any atom is 0.237 e. The van der Waals surface area contributed by atoms with E-state index in [1.165, 1.54) is 0 Å². The number of rotatable bonds is 6. The fourth-order valence-corrected chi connectivity index (χ4v) is 3.38. The molecule has 0 spiro atoms. The van der Waals surface area contributed by atoms with Crippen molar-refractivity contribution in [3.05, 3.63) is 42.2 Å². The summed E-state index contributed by atoms with van der Waals surface area (Å²) >= 11 is 0. The molecule has 0 radical (unpaired) electrons. The summed E-state index contributed by atoms with van der Waals surface area (Å²) in [7, 11) is 0. The highest BCUT2D eigenvalue weighted by atomic mass is 16.5. The van der Waals surface area contributed by atoms with E-state index in [0.717, 1.165) is 62.6 Å². The van der Waals surface area contributed by atoms with E-state index in [1.54, 1.807) is 0 Å². The highest BCUT2D eigenvalue weighted by Crippen LogP contribution is 2.21. The lowest BCUT2D eigenvalue weighted by Gasteiger charge is -2.37. The molecule has 1 saturated heterocycles. The number of carbonyl (C=O) groups excluding carboxylic acids is 1. The average molecular weight is 354 g/mol. The molecule has 26 heavy (non-hydrogen) atoms. The third kappa shape index (κ3) is 4.14. The van der Waals surface area contributed by atoms with Crippen molar-refractivity contribution < 1.29 is 9.32 Å². The maximum atomic E-state index is 12.2. The van der Waals surface area contributed by atoms with Crippen LogP contribution < -0.4 is 5.32 Å². The highest BCUT2D eigenvalue weighted by molar-refractivity contribution is 5.81. The molecule has 2 heterocycles. The maximum absolute atomic E-state index is 12.2. The fourth-order valence-electron chi connectivity index (χ4n) is 3.38. The number of carbonyl (C=O) groups is 1. The summed E-state index contributed by atoms with van der Waals surface area (Å²) < 4.78 is 5.52. The molecule has 1 amide bonds. The summed E-state index contributed by atoms with van der Waals surface area (Å²) in [6.07, 6.45) is 2.27. The van der Waals surface area contributed by atoms with Gasteiger partial charge in [-0.1, -0.05) is 35.5 Å². The molecule has 1 saturated carbocycles. The minimum absolute atomic E-state index is 0.0484. The zero-order chi connectivity index (χ0) is 17.9. The van der Waals surface area contributed by atoms with Crippen LogP contribution >= 0.6 is 0 Å². The molecule has 6 heteroatoms. The van der Waals surface area contributed by atoms with E-state index in [9.17, 15) is 4.79 Å². The summed E-state index contributed by atoms with van der Waals surface area (Å²) in [5.74, 6) is 1.06. The molecule has 2 fully saturated rings. The van der Waals surface area contributed by atoms with Gasteiger partial charge in [-0.05, 0) is 19.8 Å². The first-order valence-electron chi connectivity index (χ1n) is 9.47. The van der Waals surface area contributed by atoms with Crippen LogP contribution in [0.25, 0.3) is 11.3 Å². The van der Waals surface area contributed by atoms with Crippen LogP contribution in [0, 0.1) is 0 Å². The van der Waals surface area contributed by atoms with E-state index in [1.807, 2.05) is 43.3 Å². The monoisotopic (exact) mass is 354 g/mol. The van der Waals surface area contributed by atoms with Gasteiger partial charge in [-0.3, -0.25) is 14.6 Å². The molecule has 2 aromatic rings. The minimum Gasteiger partial charge on any atom is -0.359 e. The molecule has 1 N–H and O–H groups in total. The largest absolute Gasteiger partial charge is 0.359 e. The molecule has 1 aromatic heterocycles. The van der Waals surface area contributed by atoms with Gasteiger partial charge < -0.3 is 9.84 Å². The average Bonchev–Trinajstić information content (AvgIpc) is 3.37. The normalized spacial score (nSPS) is 20.0. The van der Waals surface area contributed by atoms with Gasteiger partial charge in [-0.2, -0.15) is 0 Å².